The molecule has 1 amide bonds. The Kier molecular flexibility index (Phi) is 6.14. The molecule has 2 aromatic rings. The normalized spacial score (nSPS) is 11.7. The molecule has 1 aromatic carbocycles. The number of carbonyl (C=O) groups is 1. The summed E-state index contributed by atoms with van der Waals surface area (Å²) in [7, 11) is 0. The number of rotatable bonds is 4. The topological polar surface area (TPSA) is 60.1 Å². The molecular formula is C16H21ClFN3O. The summed E-state index contributed by atoms with van der Waals surface area (Å²) in [6, 6.07) is 7.96. The van der Waals surface area contributed by atoms with Crippen LogP contribution in [-0.4, -0.2) is 23.1 Å². The Morgan fingerprint density at radius 2 is 1.91 bits per heavy atom. The molecule has 22 heavy (non-hydrogen) atoms. The maximum Gasteiger partial charge on any atom is 0.253 e. The van der Waals surface area contributed by atoms with E-state index in [0.717, 1.165) is 17.1 Å². The van der Waals surface area contributed by atoms with Gasteiger partial charge in [0.05, 0.1) is 5.56 Å². The standard InChI is InChI=1S/C16H20FN3O.ClH/c1-10(9-18)19-16(21)15-8-11(2)20(12(15)3)14-6-4-13(17)5-7-14;/h4-8,10H,9,18H2,1-3H3,(H,19,21);1H/t10-;/m0./s1. The molecule has 4 nitrogen and oxygen atoms in total. The quantitative estimate of drug-likeness (QED) is 0.908. The Hall–Kier alpha value is -1.85. The highest BCUT2D eigenvalue weighted by atomic mass is 35.5. The Morgan fingerprint density at radius 3 is 2.45 bits per heavy atom. The van der Waals surface area contributed by atoms with Crippen LogP contribution in [0.5, 0.6) is 0 Å². The molecule has 2 rings (SSSR count). The third-order valence-electron chi connectivity index (χ3n) is 3.49. The van der Waals surface area contributed by atoms with Gasteiger partial charge in [0.2, 0.25) is 0 Å². The number of benzene rings is 1. The number of aryl methyl sites for hydroxylation is 1. The lowest BCUT2D eigenvalue weighted by Crippen LogP contribution is -2.37. The largest absolute Gasteiger partial charge is 0.348 e. The van der Waals surface area contributed by atoms with Gasteiger partial charge in [-0.1, -0.05) is 0 Å². The lowest BCUT2D eigenvalue weighted by Gasteiger charge is -2.12. The molecule has 0 saturated heterocycles. The molecule has 0 spiro atoms. The average molecular weight is 326 g/mol. The van der Waals surface area contributed by atoms with Crippen molar-refractivity contribution in [2.24, 2.45) is 5.73 Å². The SMILES string of the molecule is Cc1cc(C(=O)N[C@@H](C)CN)c(C)n1-c1ccc(F)cc1.Cl. The second-order valence-electron chi connectivity index (χ2n) is 5.21. The second kappa shape index (κ2) is 7.42. The molecular weight excluding hydrogens is 305 g/mol. The van der Waals surface area contributed by atoms with Gasteiger partial charge < -0.3 is 15.6 Å². The van der Waals surface area contributed by atoms with Gasteiger partial charge in [0.25, 0.3) is 5.91 Å². The van der Waals surface area contributed by atoms with Crippen molar-refractivity contribution < 1.29 is 9.18 Å². The van der Waals surface area contributed by atoms with E-state index in [0.29, 0.717) is 12.1 Å². The minimum absolute atomic E-state index is 0. The van der Waals surface area contributed by atoms with Gasteiger partial charge in [-0.05, 0) is 51.1 Å². The van der Waals surface area contributed by atoms with Crippen LogP contribution < -0.4 is 11.1 Å². The summed E-state index contributed by atoms with van der Waals surface area (Å²) in [5.74, 6) is -0.426. The predicted molar refractivity (Wildman–Crippen MR) is 88.4 cm³/mol. The number of hydrogen-bond donors (Lipinski definition) is 2. The van der Waals surface area contributed by atoms with Gasteiger partial charge in [-0.15, -0.1) is 12.4 Å². The zero-order valence-corrected chi connectivity index (χ0v) is 13.7. The first-order valence-corrected chi connectivity index (χ1v) is 6.90. The molecule has 6 heteroatoms. The van der Waals surface area contributed by atoms with Gasteiger partial charge >= 0.3 is 0 Å². The number of amides is 1. The van der Waals surface area contributed by atoms with Crippen molar-refractivity contribution in [1.29, 1.82) is 0 Å². The average Bonchev–Trinajstić information content (AvgIpc) is 2.75. The fourth-order valence-electron chi connectivity index (χ4n) is 2.34. The van der Waals surface area contributed by atoms with E-state index >= 15 is 0 Å². The van der Waals surface area contributed by atoms with E-state index in [-0.39, 0.29) is 30.2 Å². The highest BCUT2D eigenvalue weighted by Crippen LogP contribution is 2.21. The van der Waals surface area contributed by atoms with Crippen LogP contribution in [0.4, 0.5) is 4.39 Å². The van der Waals surface area contributed by atoms with Gasteiger partial charge in [-0.3, -0.25) is 4.79 Å². The molecule has 0 aliphatic heterocycles. The molecule has 1 aromatic heterocycles. The molecule has 0 fully saturated rings. The molecule has 0 aliphatic rings. The first-order valence-electron chi connectivity index (χ1n) is 6.90. The summed E-state index contributed by atoms with van der Waals surface area (Å²) < 4.78 is 15.0. The molecule has 0 aliphatic carbocycles. The number of nitrogens with two attached hydrogens (primary N) is 1. The summed E-state index contributed by atoms with van der Waals surface area (Å²) in [6.07, 6.45) is 0. The highest BCUT2D eigenvalue weighted by molar-refractivity contribution is 5.96. The molecule has 0 saturated carbocycles. The van der Waals surface area contributed by atoms with Crippen molar-refractivity contribution in [2.45, 2.75) is 26.8 Å². The van der Waals surface area contributed by atoms with Crippen LogP contribution in [0, 0.1) is 19.7 Å². The minimum Gasteiger partial charge on any atom is -0.348 e. The molecule has 1 heterocycles. The van der Waals surface area contributed by atoms with Gasteiger partial charge in [0, 0.05) is 29.7 Å². The Bertz CT molecular complexity index is 652. The smallest absolute Gasteiger partial charge is 0.253 e. The maximum atomic E-state index is 13.0. The lowest BCUT2D eigenvalue weighted by atomic mass is 10.2. The summed E-state index contributed by atoms with van der Waals surface area (Å²) in [4.78, 5) is 12.2. The van der Waals surface area contributed by atoms with Gasteiger partial charge in [0.15, 0.2) is 0 Å². The maximum absolute atomic E-state index is 13.0. The van der Waals surface area contributed by atoms with Gasteiger partial charge in [-0.2, -0.15) is 0 Å². The van der Waals surface area contributed by atoms with Crippen LogP contribution in [0.15, 0.2) is 30.3 Å². The molecule has 1 atom stereocenters. The van der Waals surface area contributed by atoms with Gasteiger partial charge in [0.1, 0.15) is 5.82 Å². The van der Waals surface area contributed by atoms with E-state index in [4.69, 9.17) is 5.73 Å². The Balaban J connectivity index is 0.00000242. The van der Waals surface area contributed by atoms with E-state index in [9.17, 15) is 9.18 Å². The molecule has 3 N–H and O–H groups in total. The molecule has 0 unspecified atom stereocenters. The Morgan fingerprint density at radius 1 is 1.32 bits per heavy atom. The number of nitrogens with zero attached hydrogens (tertiary/aromatic N) is 1. The van der Waals surface area contributed by atoms with Crippen molar-refractivity contribution in [3.63, 3.8) is 0 Å². The van der Waals surface area contributed by atoms with Crippen molar-refractivity contribution in [3.8, 4) is 5.69 Å². The van der Waals surface area contributed by atoms with Crippen LogP contribution in [0.25, 0.3) is 5.69 Å². The first-order chi connectivity index (χ1) is 9.93. The van der Waals surface area contributed by atoms with Crippen LogP contribution in [0.1, 0.15) is 28.7 Å². The van der Waals surface area contributed by atoms with E-state index in [1.165, 1.54) is 12.1 Å². The van der Waals surface area contributed by atoms with Crippen molar-refractivity contribution >= 4 is 18.3 Å². The zero-order valence-electron chi connectivity index (χ0n) is 12.9. The number of halogens is 2. The van der Waals surface area contributed by atoms with Crippen LogP contribution in [-0.2, 0) is 0 Å². The second-order valence-corrected chi connectivity index (χ2v) is 5.21. The van der Waals surface area contributed by atoms with Crippen molar-refractivity contribution in [3.05, 3.63) is 53.1 Å². The molecule has 0 bridgehead atoms. The van der Waals surface area contributed by atoms with E-state index in [1.54, 1.807) is 12.1 Å². The third-order valence-corrected chi connectivity index (χ3v) is 3.49. The van der Waals surface area contributed by atoms with Crippen molar-refractivity contribution in [2.75, 3.05) is 6.54 Å². The number of carbonyl (C=O) groups excluding carboxylic acids is 1. The Labute approximate surface area is 135 Å². The van der Waals surface area contributed by atoms with Crippen LogP contribution in [0.3, 0.4) is 0 Å². The summed E-state index contributed by atoms with van der Waals surface area (Å²) in [5, 5.41) is 2.85. The van der Waals surface area contributed by atoms with E-state index in [1.807, 2.05) is 31.4 Å². The highest BCUT2D eigenvalue weighted by Gasteiger charge is 2.17. The number of aromatic nitrogens is 1. The number of hydrogen-bond acceptors (Lipinski definition) is 2. The molecule has 0 radical (unpaired) electrons. The lowest BCUT2D eigenvalue weighted by molar-refractivity contribution is 0.0940. The molecule has 120 valence electrons. The number of nitrogens with one attached hydrogen (secondary N) is 1. The summed E-state index contributed by atoms with van der Waals surface area (Å²) >= 11 is 0. The fraction of sp³-hybridized carbons (Fsp3) is 0.312. The van der Waals surface area contributed by atoms with Crippen molar-refractivity contribution in [1.82, 2.24) is 9.88 Å². The minimum atomic E-state index is -0.282. The fourth-order valence-corrected chi connectivity index (χ4v) is 2.34. The van der Waals surface area contributed by atoms with E-state index in [2.05, 4.69) is 5.32 Å². The first kappa shape index (κ1) is 18.2. The zero-order chi connectivity index (χ0) is 15.6. The predicted octanol–water partition coefficient (Wildman–Crippen LogP) is 2.73. The summed E-state index contributed by atoms with van der Waals surface area (Å²) in [5.41, 5.74) is 8.70. The summed E-state index contributed by atoms with van der Waals surface area (Å²) in [6.45, 7) is 6.04. The third kappa shape index (κ3) is 3.67. The van der Waals surface area contributed by atoms with E-state index < -0.39 is 0 Å². The van der Waals surface area contributed by atoms with Gasteiger partial charge in [-0.25, -0.2) is 4.39 Å². The monoisotopic (exact) mass is 325 g/mol. The van der Waals surface area contributed by atoms with Crippen LogP contribution in [0.2, 0.25) is 0 Å². The van der Waals surface area contributed by atoms with Crippen LogP contribution >= 0.6 is 12.4 Å².